The zero-order valence-corrected chi connectivity index (χ0v) is 15.0. The number of ether oxygens (including phenoxy) is 1. The first kappa shape index (κ1) is 16.7. The van der Waals surface area contributed by atoms with Gasteiger partial charge in [0.2, 0.25) is 9.84 Å². The number of sulfone groups is 1. The fourth-order valence-corrected chi connectivity index (χ4v) is 5.45. The van der Waals surface area contributed by atoms with Gasteiger partial charge in [-0.3, -0.25) is 0 Å². The number of aryl methyl sites for hydroxylation is 1. The Balaban J connectivity index is 1.98. The Hall–Kier alpha value is -1.13. The van der Waals surface area contributed by atoms with Crippen LogP contribution in [0.1, 0.15) is 51.5 Å². The Kier molecular flexibility index (Phi) is 4.41. The van der Waals surface area contributed by atoms with Crippen molar-refractivity contribution in [3.8, 4) is 0 Å². The summed E-state index contributed by atoms with van der Waals surface area (Å²) in [4.78, 5) is 0.842. The van der Waals surface area contributed by atoms with E-state index in [-0.39, 0.29) is 6.10 Å². The van der Waals surface area contributed by atoms with E-state index in [9.17, 15) is 8.42 Å². The Labute approximate surface area is 139 Å². The van der Waals surface area contributed by atoms with Crippen molar-refractivity contribution in [3.63, 3.8) is 0 Å². The average Bonchev–Trinajstić information content (AvgIpc) is 2.85. The highest BCUT2D eigenvalue weighted by Crippen LogP contribution is 2.42. The van der Waals surface area contributed by atoms with Crippen LogP contribution in [-0.4, -0.2) is 20.1 Å². The number of hydrogen-bond donors (Lipinski definition) is 0. The maximum atomic E-state index is 13.1. The second-order valence-corrected chi connectivity index (χ2v) is 9.35. The first-order valence-electron chi connectivity index (χ1n) is 8.52. The first-order valence-corrected chi connectivity index (χ1v) is 10.0. The molecule has 1 atom stereocenters. The van der Waals surface area contributed by atoms with Gasteiger partial charge in [-0.15, -0.1) is 0 Å². The lowest BCUT2D eigenvalue weighted by Gasteiger charge is -2.30. The largest absolute Gasteiger partial charge is 0.363 e. The molecule has 1 saturated carbocycles. The van der Waals surface area contributed by atoms with Gasteiger partial charge in [-0.2, -0.15) is 0 Å². The zero-order chi connectivity index (χ0) is 16.7. The third kappa shape index (κ3) is 3.38. The summed E-state index contributed by atoms with van der Waals surface area (Å²) in [6.45, 7) is 5.85. The molecule has 4 heteroatoms. The predicted octanol–water partition coefficient (Wildman–Crippen LogP) is 4.41. The molecule has 1 aromatic carbocycles. The Morgan fingerprint density at radius 2 is 1.65 bits per heavy atom. The van der Waals surface area contributed by atoms with Crippen LogP contribution in [0.3, 0.4) is 0 Å². The standard InChI is InChI=1S/C19H26O3S/c1-14-9-11-16(12-10-14)23(20,21)17-13-19(2,3)22-18(17)15-7-5-4-6-8-15/h9-13,15,18H,4-8H2,1-3H3. The van der Waals surface area contributed by atoms with Gasteiger partial charge in [0.1, 0.15) is 0 Å². The minimum atomic E-state index is -3.49. The molecule has 3 rings (SSSR count). The van der Waals surface area contributed by atoms with Crippen LogP contribution in [0, 0.1) is 12.8 Å². The lowest BCUT2D eigenvalue weighted by molar-refractivity contribution is -0.0336. The summed E-state index contributed by atoms with van der Waals surface area (Å²) in [5.74, 6) is 0.317. The van der Waals surface area contributed by atoms with E-state index in [0.717, 1.165) is 18.4 Å². The van der Waals surface area contributed by atoms with Crippen molar-refractivity contribution < 1.29 is 13.2 Å². The molecular formula is C19H26O3S. The van der Waals surface area contributed by atoms with Crippen molar-refractivity contribution in [2.75, 3.05) is 0 Å². The van der Waals surface area contributed by atoms with Crippen molar-refractivity contribution in [2.24, 2.45) is 5.92 Å². The summed E-state index contributed by atoms with van der Waals surface area (Å²) in [6.07, 6.45) is 7.23. The molecule has 0 aromatic heterocycles. The third-order valence-electron chi connectivity index (χ3n) is 4.92. The van der Waals surface area contributed by atoms with E-state index >= 15 is 0 Å². The minimum absolute atomic E-state index is 0.295. The SMILES string of the molecule is Cc1ccc(S(=O)(=O)C2=CC(C)(C)OC2C2CCCCC2)cc1. The molecule has 1 heterocycles. The van der Waals surface area contributed by atoms with Crippen LogP contribution in [0.4, 0.5) is 0 Å². The van der Waals surface area contributed by atoms with E-state index in [1.54, 1.807) is 12.1 Å². The molecule has 126 valence electrons. The van der Waals surface area contributed by atoms with Crippen LogP contribution in [0.25, 0.3) is 0 Å². The molecule has 0 spiro atoms. The summed E-state index contributed by atoms with van der Waals surface area (Å²) >= 11 is 0. The monoisotopic (exact) mass is 334 g/mol. The molecule has 1 aliphatic heterocycles. The van der Waals surface area contributed by atoms with Gasteiger partial charge in [0, 0.05) is 0 Å². The van der Waals surface area contributed by atoms with Gasteiger partial charge >= 0.3 is 0 Å². The van der Waals surface area contributed by atoms with Gasteiger partial charge in [0.25, 0.3) is 0 Å². The molecule has 1 aliphatic carbocycles. The van der Waals surface area contributed by atoms with Gasteiger partial charge in [0.15, 0.2) is 0 Å². The van der Waals surface area contributed by atoms with E-state index in [4.69, 9.17) is 4.74 Å². The van der Waals surface area contributed by atoms with Crippen LogP contribution in [-0.2, 0) is 14.6 Å². The van der Waals surface area contributed by atoms with Gasteiger partial charge in [-0.25, -0.2) is 8.42 Å². The molecule has 1 unspecified atom stereocenters. The third-order valence-corrected chi connectivity index (χ3v) is 6.78. The first-order chi connectivity index (χ1) is 10.8. The molecule has 0 amide bonds. The van der Waals surface area contributed by atoms with Crippen LogP contribution in [0.15, 0.2) is 40.1 Å². The quantitative estimate of drug-likeness (QED) is 0.822. The van der Waals surface area contributed by atoms with Crippen molar-refractivity contribution in [1.82, 2.24) is 0 Å². The van der Waals surface area contributed by atoms with E-state index in [2.05, 4.69) is 0 Å². The summed E-state index contributed by atoms with van der Waals surface area (Å²) in [5.41, 5.74) is 0.541. The van der Waals surface area contributed by atoms with E-state index in [0.29, 0.717) is 15.7 Å². The smallest absolute Gasteiger partial charge is 0.205 e. The molecule has 0 saturated heterocycles. The molecule has 0 radical (unpaired) electrons. The lowest BCUT2D eigenvalue weighted by atomic mass is 9.85. The van der Waals surface area contributed by atoms with Crippen molar-refractivity contribution >= 4 is 9.84 Å². The highest BCUT2D eigenvalue weighted by atomic mass is 32.2. The molecule has 1 fully saturated rings. The van der Waals surface area contributed by atoms with Crippen LogP contribution in [0.2, 0.25) is 0 Å². The summed E-state index contributed by atoms with van der Waals surface area (Å²) < 4.78 is 32.4. The second-order valence-electron chi connectivity index (χ2n) is 7.40. The van der Waals surface area contributed by atoms with Crippen LogP contribution < -0.4 is 0 Å². The van der Waals surface area contributed by atoms with Gasteiger partial charge < -0.3 is 4.74 Å². The topological polar surface area (TPSA) is 43.4 Å². The molecule has 1 aromatic rings. The van der Waals surface area contributed by atoms with Gasteiger partial charge in [-0.05, 0) is 57.7 Å². The predicted molar refractivity (Wildman–Crippen MR) is 92.0 cm³/mol. The van der Waals surface area contributed by atoms with E-state index < -0.39 is 15.4 Å². The van der Waals surface area contributed by atoms with E-state index in [1.807, 2.05) is 39.0 Å². The van der Waals surface area contributed by atoms with Crippen LogP contribution in [0.5, 0.6) is 0 Å². The van der Waals surface area contributed by atoms with Crippen LogP contribution >= 0.6 is 0 Å². The summed E-state index contributed by atoms with van der Waals surface area (Å²) in [6, 6.07) is 7.11. The maximum absolute atomic E-state index is 13.1. The Bertz CT molecular complexity index is 693. The molecular weight excluding hydrogens is 308 g/mol. The summed E-state index contributed by atoms with van der Waals surface area (Å²) in [7, 11) is -3.49. The number of hydrogen-bond acceptors (Lipinski definition) is 3. The molecule has 3 nitrogen and oxygen atoms in total. The molecule has 23 heavy (non-hydrogen) atoms. The normalized spacial score (nSPS) is 25.3. The van der Waals surface area contributed by atoms with Crippen molar-refractivity contribution in [2.45, 2.75) is 69.5 Å². The second kappa shape index (κ2) is 6.06. The Morgan fingerprint density at radius 1 is 1.04 bits per heavy atom. The molecule has 0 N–H and O–H groups in total. The zero-order valence-electron chi connectivity index (χ0n) is 14.2. The average molecular weight is 334 g/mol. The molecule has 0 bridgehead atoms. The lowest BCUT2D eigenvalue weighted by Crippen LogP contribution is -2.31. The summed E-state index contributed by atoms with van der Waals surface area (Å²) in [5, 5.41) is 0. The van der Waals surface area contributed by atoms with Crippen molar-refractivity contribution in [3.05, 3.63) is 40.8 Å². The fraction of sp³-hybridized carbons (Fsp3) is 0.579. The highest BCUT2D eigenvalue weighted by molar-refractivity contribution is 7.95. The highest BCUT2D eigenvalue weighted by Gasteiger charge is 2.43. The minimum Gasteiger partial charge on any atom is -0.363 e. The van der Waals surface area contributed by atoms with Gasteiger partial charge in [0.05, 0.1) is 21.5 Å². The fourth-order valence-electron chi connectivity index (χ4n) is 3.69. The number of rotatable bonds is 3. The molecule has 2 aliphatic rings. The van der Waals surface area contributed by atoms with Crippen molar-refractivity contribution in [1.29, 1.82) is 0 Å². The Morgan fingerprint density at radius 3 is 2.26 bits per heavy atom. The van der Waals surface area contributed by atoms with Gasteiger partial charge in [-0.1, -0.05) is 37.0 Å². The maximum Gasteiger partial charge on any atom is 0.205 e. The number of benzene rings is 1. The van der Waals surface area contributed by atoms with E-state index in [1.165, 1.54) is 19.3 Å².